The van der Waals surface area contributed by atoms with Crippen molar-refractivity contribution in [1.82, 2.24) is 19.9 Å². The van der Waals surface area contributed by atoms with Gasteiger partial charge in [-0.3, -0.25) is 0 Å². The summed E-state index contributed by atoms with van der Waals surface area (Å²) in [5.41, 5.74) is 0.912. The van der Waals surface area contributed by atoms with Crippen molar-refractivity contribution in [2.75, 3.05) is 0 Å². The summed E-state index contributed by atoms with van der Waals surface area (Å²) in [4.78, 5) is 16.5. The van der Waals surface area contributed by atoms with Crippen LogP contribution in [0.2, 0.25) is 5.15 Å². The zero-order valence-electron chi connectivity index (χ0n) is 9.12. The summed E-state index contributed by atoms with van der Waals surface area (Å²) in [7, 11) is 0. The Morgan fingerprint density at radius 1 is 0.944 bits per heavy atom. The molecule has 2 heterocycles. The number of hydrogen-bond donors (Lipinski definition) is 0. The molecule has 3 rings (SSSR count). The standard InChI is InChI=1S/C12H7ClN4S/c13-10-5-11(16-7-15-10)18-12-8-3-1-2-4-9(8)14-6-17-12/h1-7H. The molecule has 0 amide bonds. The Labute approximate surface area is 112 Å². The second-order valence-electron chi connectivity index (χ2n) is 3.48. The molecule has 0 fully saturated rings. The van der Waals surface area contributed by atoms with Crippen molar-refractivity contribution in [2.45, 2.75) is 10.1 Å². The normalized spacial score (nSPS) is 10.7. The molecule has 0 radical (unpaired) electrons. The highest BCUT2D eigenvalue weighted by Crippen LogP contribution is 2.29. The van der Waals surface area contributed by atoms with Gasteiger partial charge in [0.2, 0.25) is 0 Å². The van der Waals surface area contributed by atoms with E-state index in [9.17, 15) is 0 Å². The third kappa shape index (κ3) is 2.27. The first-order valence-electron chi connectivity index (χ1n) is 5.18. The average molecular weight is 275 g/mol. The number of halogens is 1. The van der Waals surface area contributed by atoms with E-state index in [1.54, 1.807) is 12.4 Å². The molecule has 6 heteroatoms. The van der Waals surface area contributed by atoms with Crippen LogP contribution < -0.4 is 0 Å². The van der Waals surface area contributed by atoms with E-state index in [1.165, 1.54) is 18.1 Å². The van der Waals surface area contributed by atoms with E-state index in [2.05, 4.69) is 19.9 Å². The van der Waals surface area contributed by atoms with Gasteiger partial charge in [-0.1, -0.05) is 29.8 Å². The maximum atomic E-state index is 5.83. The molecule has 4 nitrogen and oxygen atoms in total. The van der Waals surface area contributed by atoms with Crippen LogP contribution in [0, 0.1) is 0 Å². The molecule has 0 N–H and O–H groups in total. The van der Waals surface area contributed by atoms with Crippen molar-refractivity contribution < 1.29 is 0 Å². The van der Waals surface area contributed by atoms with E-state index in [4.69, 9.17) is 11.6 Å². The van der Waals surface area contributed by atoms with Gasteiger partial charge in [0.25, 0.3) is 0 Å². The molecule has 0 unspecified atom stereocenters. The number of benzene rings is 1. The third-order valence-corrected chi connectivity index (χ3v) is 3.47. The lowest BCUT2D eigenvalue weighted by Crippen LogP contribution is -1.88. The quantitative estimate of drug-likeness (QED) is 0.672. The molecule has 0 aliphatic rings. The zero-order chi connectivity index (χ0) is 12.4. The van der Waals surface area contributed by atoms with Gasteiger partial charge in [0.1, 0.15) is 27.9 Å². The molecular formula is C12H7ClN4S. The number of nitrogens with zero attached hydrogens (tertiary/aromatic N) is 4. The topological polar surface area (TPSA) is 51.6 Å². The van der Waals surface area contributed by atoms with Crippen LogP contribution in [0.1, 0.15) is 0 Å². The Balaban J connectivity index is 2.05. The number of hydrogen-bond acceptors (Lipinski definition) is 5. The fraction of sp³-hybridized carbons (Fsp3) is 0. The second-order valence-corrected chi connectivity index (χ2v) is 4.87. The summed E-state index contributed by atoms with van der Waals surface area (Å²) in [5, 5.41) is 3.04. The molecule has 0 saturated heterocycles. The first-order chi connectivity index (χ1) is 8.83. The van der Waals surface area contributed by atoms with E-state index in [1.807, 2.05) is 24.3 Å². The van der Waals surface area contributed by atoms with Gasteiger partial charge in [0, 0.05) is 11.5 Å². The first-order valence-corrected chi connectivity index (χ1v) is 6.37. The summed E-state index contributed by atoms with van der Waals surface area (Å²) in [6, 6.07) is 9.56. The number of aromatic nitrogens is 4. The minimum Gasteiger partial charge on any atom is -0.236 e. The summed E-state index contributed by atoms with van der Waals surface area (Å²) in [5.74, 6) is 0. The largest absolute Gasteiger partial charge is 0.236 e. The Morgan fingerprint density at radius 3 is 2.67 bits per heavy atom. The monoisotopic (exact) mass is 274 g/mol. The lowest BCUT2D eigenvalue weighted by Gasteiger charge is -2.03. The Hall–Kier alpha value is -1.72. The highest BCUT2D eigenvalue weighted by Gasteiger charge is 2.06. The summed E-state index contributed by atoms with van der Waals surface area (Å²) < 4.78 is 0. The number of fused-ring (bicyclic) bond motifs is 1. The molecule has 0 bridgehead atoms. The maximum Gasteiger partial charge on any atom is 0.133 e. The van der Waals surface area contributed by atoms with Crippen molar-refractivity contribution >= 4 is 34.3 Å². The fourth-order valence-electron chi connectivity index (χ4n) is 1.53. The van der Waals surface area contributed by atoms with Gasteiger partial charge in [-0.15, -0.1) is 0 Å². The molecular weight excluding hydrogens is 268 g/mol. The van der Waals surface area contributed by atoms with Crippen LogP contribution in [0.3, 0.4) is 0 Å². The SMILES string of the molecule is Clc1cc(Sc2ncnc3ccccc23)ncn1. The van der Waals surface area contributed by atoms with Crippen LogP contribution in [-0.4, -0.2) is 19.9 Å². The average Bonchev–Trinajstić information content (AvgIpc) is 2.39. The van der Waals surface area contributed by atoms with E-state index in [0.717, 1.165) is 21.0 Å². The van der Waals surface area contributed by atoms with Crippen molar-refractivity contribution in [3.63, 3.8) is 0 Å². The van der Waals surface area contributed by atoms with E-state index in [-0.39, 0.29) is 0 Å². The van der Waals surface area contributed by atoms with Gasteiger partial charge in [0.05, 0.1) is 5.52 Å². The van der Waals surface area contributed by atoms with Gasteiger partial charge in [-0.2, -0.15) is 0 Å². The number of para-hydroxylation sites is 1. The summed E-state index contributed by atoms with van der Waals surface area (Å²) in [6.45, 7) is 0. The Morgan fingerprint density at radius 2 is 1.78 bits per heavy atom. The summed E-state index contributed by atoms with van der Waals surface area (Å²) in [6.07, 6.45) is 2.99. The van der Waals surface area contributed by atoms with Crippen LogP contribution in [0.25, 0.3) is 10.9 Å². The van der Waals surface area contributed by atoms with Gasteiger partial charge in [-0.25, -0.2) is 19.9 Å². The molecule has 0 aliphatic carbocycles. The molecule has 18 heavy (non-hydrogen) atoms. The highest BCUT2D eigenvalue weighted by molar-refractivity contribution is 7.99. The predicted octanol–water partition coefficient (Wildman–Crippen LogP) is 3.22. The van der Waals surface area contributed by atoms with Gasteiger partial charge in [-0.05, 0) is 17.8 Å². The van der Waals surface area contributed by atoms with Crippen LogP contribution in [-0.2, 0) is 0 Å². The highest BCUT2D eigenvalue weighted by atomic mass is 35.5. The Bertz CT molecular complexity index is 699. The molecule has 0 atom stereocenters. The predicted molar refractivity (Wildman–Crippen MR) is 70.7 cm³/mol. The van der Waals surface area contributed by atoms with E-state index >= 15 is 0 Å². The van der Waals surface area contributed by atoms with Crippen molar-refractivity contribution in [3.05, 3.63) is 48.1 Å². The fourth-order valence-corrected chi connectivity index (χ4v) is 2.60. The van der Waals surface area contributed by atoms with Gasteiger partial charge >= 0.3 is 0 Å². The van der Waals surface area contributed by atoms with Crippen molar-refractivity contribution in [2.24, 2.45) is 0 Å². The van der Waals surface area contributed by atoms with Crippen molar-refractivity contribution in [3.8, 4) is 0 Å². The smallest absolute Gasteiger partial charge is 0.133 e. The maximum absolute atomic E-state index is 5.83. The van der Waals surface area contributed by atoms with Crippen LogP contribution in [0.15, 0.2) is 53.0 Å². The zero-order valence-corrected chi connectivity index (χ0v) is 10.7. The van der Waals surface area contributed by atoms with Gasteiger partial charge in [0.15, 0.2) is 0 Å². The molecule has 3 aromatic rings. The van der Waals surface area contributed by atoms with Crippen LogP contribution in [0.5, 0.6) is 0 Å². The van der Waals surface area contributed by atoms with E-state index in [0.29, 0.717) is 5.15 Å². The third-order valence-electron chi connectivity index (χ3n) is 2.32. The second kappa shape index (κ2) is 4.88. The lowest BCUT2D eigenvalue weighted by molar-refractivity contribution is 1.03. The Kier molecular flexibility index (Phi) is 3.08. The summed E-state index contributed by atoms with van der Waals surface area (Å²) >= 11 is 7.28. The molecule has 0 aliphatic heterocycles. The van der Waals surface area contributed by atoms with Crippen LogP contribution in [0.4, 0.5) is 0 Å². The molecule has 1 aromatic carbocycles. The van der Waals surface area contributed by atoms with Crippen molar-refractivity contribution in [1.29, 1.82) is 0 Å². The first kappa shape index (κ1) is 11.4. The van der Waals surface area contributed by atoms with Gasteiger partial charge < -0.3 is 0 Å². The minimum atomic E-state index is 0.422. The molecule has 0 saturated carbocycles. The number of rotatable bonds is 2. The molecule has 2 aromatic heterocycles. The molecule has 88 valence electrons. The van der Waals surface area contributed by atoms with E-state index < -0.39 is 0 Å². The minimum absolute atomic E-state index is 0.422. The van der Waals surface area contributed by atoms with Crippen LogP contribution >= 0.6 is 23.4 Å². The lowest BCUT2D eigenvalue weighted by atomic mass is 10.2. The molecule has 0 spiro atoms.